The van der Waals surface area contributed by atoms with Gasteiger partial charge in [-0.15, -0.1) is 0 Å². The minimum Gasteiger partial charge on any atom is -0.384 e. The van der Waals surface area contributed by atoms with Crippen molar-refractivity contribution in [2.75, 3.05) is 39.9 Å². The first kappa shape index (κ1) is 29.9. The second-order valence-electron chi connectivity index (χ2n) is 6.42. The first-order valence-electron chi connectivity index (χ1n) is 10.9. The third-order valence-electron chi connectivity index (χ3n) is 4.29. The van der Waals surface area contributed by atoms with Gasteiger partial charge in [0.05, 0.1) is 13.0 Å². The van der Waals surface area contributed by atoms with Crippen LogP contribution in [0.1, 0.15) is 79.1 Å². The monoisotopic (exact) mass is 426 g/mol. The molecule has 0 spiro atoms. The van der Waals surface area contributed by atoms with Gasteiger partial charge in [0, 0.05) is 33.3 Å². The van der Waals surface area contributed by atoms with Crippen LogP contribution in [0, 0.1) is 0 Å². The molecule has 174 valence electrons. The average Bonchev–Trinajstić information content (AvgIpc) is 2.75. The van der Waals surface area contributed by atoms with Gasteiger partial charge in [-0.1, -0.05) is 27.7 Å². The fraction of sp³-hybridized carbons (Fsp3) is 0.905. The van der Waals surface area contributed by atoms with Crippen LogP contribution < -0.4 is 0 Å². The maximum atomic E-state index is 11.8. The largest absolute Gasteiger partial charge is 0.397 e. The highest BCUT2D eigenvalue weighted by atomic mass is 19.4. The van der Waals surface area contributed by atoms with Gasteiger partial charge in [-0.25, -0.2) is 0 Å². The molecule has 5 nitrogen and oxygen atoms in total. The molecule has 0 aromatic carbocycles. The quantitative estimate of drug-likeness (QED) is 0.633. The molecule has 0 aromatic rings. The highest BCUT2D eigenvalue weighted by Gasteiger charge is 2.33. The van der Waals surface area contributed by atoms with E-state index < -0.39 is 18.5 Å². The Morgan fingerprint density at radius 2 is 1.14 bits per heavy atom. The number of alkyl halides is 3. The lowest BCUT2D eigenvalue weighted by Crippen LogP contribution is -2.37. The van der Waals surface area contributed by atoms with Crippen LogP contribution in [-0.2, 0) is 14.3 Å². The third-order valence-corrected chi connectivity index (χ3v) is 4.29. The Hall–Kier alpha value is -1.31. The second-order valence-corrected chi connectivity index (χ2v) is 6.42. The van der Waals surface area contributed by atoms with E-state index in [1.165, 1.54) is 24.2 Å². The van der Waals surface area contributed by atoms with Crippen LogP contribution in [0.25, 0.3) is 0 Å². The first-order chi connectivity index (χ1) is 13.8. The van der Waals surface area contributed by atoms with Crippen LogP contribution in [0.4, 0.5) is 13.2 Å². The lowest BCUT2D eigenvalue weighted by atomic mass is 10.1. The number of halogens is 3. The van der Waals surface area contributed by atoms with Crippen LogP contribution >= 0.6 is 0 Å². The molecule has 2 aliphatic rings. The summed E-state index contributed by atoms with van der Waals surface area (Å²) in [4.78, 5) is 25.7. The standard InChI is InChI=1S/C9H17NO2.C8H12F3NO.2C2H6/c1-12-8-5-9(11)10-6-3-2-4-7-10;9-8(10,11)6-7(13)12-4-2-1-3-5-12;2*1-2/h2-8H2,1H3;1-6H2;2*1-2H3. The molecule has 0 unspecified atom stereocenters. The second kappa shape index (κ2) is 18.7. The Morgan fingerprint density at radius 1 is 0.759 bits per heavy atom. The van der Waals surface area contributed by atoms with Gasteiger partial charge in [0.15, 0.2) is 0 Å². The molecule has 0 atom stereocenters. The van der Waals surface area contributed by atoms with Gasteiger partial charge >= 0.3 is 6.18 Å². The van der Waals surface area contributed by atoms with Crippen molar-refractivity contribution in [2.24, 2.45) is 0 Å². The molecule has 0 aliphatic carbocycles. The van der Waals surface area contributed by atoms with Crippen molar-refractivity contribution in [3.05, 3.63) is 0 Å². The summed E-state index contributed by atoms with van der Waals surface area (Å²) >= 11 is 0. The van der Waals surface area contributed by atoms with Crippen molar-refractivity contribution in [3.63, 3.8) is 0 Å². The molecule has 2 saturated heterocycles. The van der Waals surface area contributed by atoms with Gasteiger partial charge in [0.25, 0.3) is 0 Å². The van der Waals surface area contributed by atoms with Crippen molar-refractivity contribution < 1.29 is 27.5 Å². The van der Waals surface area contributed by atoms with Crippen molar-refractivity contribution in [1.82, 2.24) is 9.80 Å². The number of likely N-dealkylation sites (tertiary alicyclic amines) is 2. The van der Waals surface area contributed by atoms with E-state index in [1.807, 2.05) is 32.6 Å². The summed E-state index contributed by atoms with van der Waals surface area (Å²) in [5, 5.41) is 0. The molecule has 2 amide bonds. The number of ether oxygens (including phenoxy) is 1. The van der Waals surface area contributed by atoms with Gasteiger partial charge in [-0.05, 0) is 38.5 Å². The normalized spacial score (nSPS) is 16.3. The summed E-state index contributed by atoms with van der Waals surface area (Å²) in [6, 6.07) is 0. The molecule has 0 saturated carbocycles. The highest BCUT2D eigenvalue weighted by molar-refractivity contribution is 5.77. The number of piperidine rings is 2. The van der Waals surface area contributed by atoms with E-state index in [0.717, 1.165) is 32.4 Å². The van der Waals surface area contributed by atoms with Crippen molar-refractivity contribution >= 4 is 11.8 Å². The molecule has 0 bridgehead atoms. The molecule has 0 radical (unpaired) electrons. The van der Waals surface area contributed by atoms with Crippen LogP contribution in [0.5, 0.6) is 0 Å². The van der Waals surface area contributed by atoms with Crippen molar-refractivity contribution in [1.29, 1.82) is 0 Å². The first-order valence-corrected chi connectivity index (χ1v) is 10.9. The van der Waals surface area contributed by atoms with Gasteiger partial charge in [0.2, 0.25) is 11.8 Å². The summed E-state index contributed by atoms with van der Waals surface area (Å²) in [7, 11) is 1.63. The predicted molar refractivity (Wildman–Crippen MR) is 111 cm³/mol. The number of rotatable bonds is 4. The molecule has 2 rings (SSSR count). The van der Waals surface area contributed by atoms with Crippen LogP contribution in [0.3, 0.4) is 0 Å². The molecular formula is C21H41F3N2O3. The lowest BCUT2D eigenvalue weighted by Gasteiger charge is -2.27. The molecule has 2 aliphatic heterocycles. The Labute approximate surface area is 174 Å². The Balaban J connectivity index is 0. The minimum atomic E-state index is -4.37. The molecule has 0 N–H and O–H groups in total. The number of hydrogen-bond donors (Lipinski definition) is 0. The SMILES string of the molecule is CC.CC.COCCC(=O)N1CCCCC1.O=C(CC(F)(F)F)N1CCCCC1. The zero-order chi connectivity index (χ0) is 22.7. The number of nitrogens with zero attached hydrogens (tertiary/aromatic N) is 2. The summed E-state index contributed by atoms with van der Waals surface area (Å²) in [6.45, 7) is 11.4. The molecular weight excluding hydrogens is 385 g/mol. The average molecular weight is 427 g/mol. The van der Waals surface area contributed by atoms with Crippen LogP contribution in [-0.4, -0.2) is 67.7 Å². The maximum absolute atomic E-state index is 11.8. The predicted octanol–water partition coefficient (Wildman–Crippen LogP) is 5.04. The van der Waals surface area contributed by atoms with Gasteiger partial charge in [-0.2, -0.15) is 13.2 Å². The smallest absolute Gasteiger partial charge is 0.384 e. The molecule has 2 fully saturated rings. The molecule has 8 heteroatoms. The molecule has 2 heterocycles. The fourth-order valence-corrected chi connectivity index (χ4v) is 2.92. The van der Waals surface area contributed by atoms with Crippen molar-refractivity contribution in [2.45, 2.75) is 85.2 Å². The minimum absolute atomic E-state index is 0.247. The number of carbonyl (C=O) groups is 2. The number of hydrogen-bond acceptors (Lipinski definition) is 3. The molecule has 29 heavy (non-hydrogen) atoms. The van der Waals surface area contributed by atoms with E-state index in [9.17, 15) is 22.8 Å². The zero-order valence-electron chi connectivity index (χ0n) is 18.9. The topological polar surface area (TPSA) is 49.9 Å². The van der Waals surface area contributed by atoms with Crippen molar-refractivity contribution in [3.8, 4) is 0 Å². The van der Waals surface area contributed by atoms with Gasteiger partial charge in [0.1, 0.15) is 6.42 Å². The van der Waals surface area contributed by atoms with E-state index in [1.54, 1.807) is 7.11 Å². The Morgan fingerprint density at radius 3 is 1.48 bits per heavy atom. The Bertz CT molecular complexity index is 406. The van der Waals surface area contributed by atoms with Gasteiger partial charge in [-0.3, -0.25) is 9.59 Å². The summed E-state index contributed by atoms with van der Waals surface area (Å²) in [6.07, 6.45) is 1.12. The summed E-state index contributed by atoms with van der Waals surface area (Å²) in [5.41, 5.74) is 0. The number of carbonyl (C=O) groups excluding carboxylic acids is 2. The van der Waals surface area contributed by atoms with Crippen LogP contribution in [0.2, 0.25) is 0 Å². The lowest BCUT2D eigenvalue weighted by molar-refractivity contribution is -0.162. The van der Waals surface area contributed by atoms with E-state index >= 15 is 0 Å². The number of amides is 2. The van der Waals surface area contributed by atoms with Crippen LogP contribution in [0.15, 0.2) is 0 Å². The summed E-state index contributed by atoms with van der Waals surface area (Å²) < 4.78 is 40.3. The molecule has 0 aromatic heterocycles. The van der Waals surface area contributed by atoms with E-state index in [4.69, 9.17) is 4.74 Å². The number of methoxy groups -OCH3 is 1. The highest BCUT2D eigenvalue weighted by Crippen LogP contribution is 2.22. The Kier molecular flexibility index (Phi) is 19.3. The van der Waals surface area contributed by atoms with Gasteiger partial charge < -0.3 is 14.5 Å². The van der Waals surface area contributed by atoms with E-state index in [2.05, 4.69) is 0 Å². The summed E-state index contributed by atoms with van der Waals surface area (Å²) in [5.74, 6) is -0.538. The fourth-order valence-electron chi connectivity index (χ4n) is 2.92. The third kappa shape index (κ3) is 16.2. The van der Waals surface area contributed by atoms with E-state index in [-0.39, 0.29) is 5.91 Å². The van der Waals surface area contributed by atoms with E-state index in [0.29, 0.717) is 26.1 Å². The maximum Gasteiger partial charge on any atom is 0.397 e. The zero-order valence-corrected chi connectivity index (χ0v) is 18.9.